The van der Waals surface area contributed by atoms with Crippen LogP contribution < -0.4 is 5.32 Å². The zero-order chi connectivity index (χ0) is 14.9. The molecule has 1 aromatic rings. The van der Waals surface area contributed by atoms with Crippen LogP contribution in [0.3, 0.4) is 0 Å². The molecule has 2 saturated heterocycles. The van der Waals surface area contributed by atoms with E-state index in [9.17, 15) is 13.2 Å². The highest BCUT2D eigenvalue weighted by Crippen LogP contribution is 2.38. The van der Waals surface area contributed by atoms with E-state index in [-0.39, 0.29) is 5.54 Å². The van der Waals surface area contributed by atoms with Crippen LogP contribution in [-0.2, 0) is 12.7 Å². The fraction of sp³-hybridized carbons (Fsp3) is 0.625. The molecular formula is C16H21F3N2. The molecule has 0 saturated carbocycles. The summed E-state index contributed by atoms with van der Waals surface area (Å²) in [7, 11) is 0. The molecule has 0 aromatic heterocycles. The molecule has 21 heavy (non-hydrogen) atoms. The molecule has 1 aromatic carbocycles. The lowest BCUT2D eigenvalue weighted by molar-refractivity contribution is -0.137. The lowest BCUT2D eigenvalue weighted by Gasteiger charge is -2.42. The normalized spacial score (nSPS) is 22.8. The number of nitrogens with one attached hydrogen (secondary N) is 1. The number of hydrogen-bond acceptors (Lipinski definition) is 2. The van der Waals surface area contributed by atoms with Crippen LogP contribution in [0.4, 0.5) is 13.2 Å². The predicted molar refractivity (Wildman–Crippen MR) is 75.9 cm³/mol. The Balaban J connectivity index is 1.71. The molecule has 5 heteroatoms. The van der Waals surface area contributed by atoms with Gasteiger partial charge in [0.25, 0.3) is 0 Å². The summed E-state index contributed by atoms with van der Waals surface area (Å²) in [5.41, 5.74) is 0.681. The van der Waals surface area contributed by atoms with Crippen LogP contribution >= 0.6 is 0 Å². The van der Waals surface area contributed by atoms with Crippen LogP contribution in [0, 0.1) is 0 Å². The average Bonchev–Trinajstić information content (AvgIpc) is 2.82. The third kappa shape index (κ3) is 3.09. The third-order valence-electron chi connectivity index (χ3n) is 4.93. The van der Waals surface area contributed by atoms with Crippen molar-refractivity contribution in [1.29, 1.82) is 0 Å². The van der Waals surface area contributed by atoms with Crippen molar-refractivity contribution in [2.24, 2.45) is 0 Å². The first-order chi connectivity index (χ1) is 10.00. The Labute approximate surface area is 123 Å². The van der Waals surface area contributed by atoms with Crippen molar-refractivity contribution in [2.45, 2.75) is 43.9 Å². The predicted octanol–water partition coefficient (Wildman–Crippen LogP) is 3.42. The molecule has 0 radical (unpaired) electrons. The SMILES string of the molecule is FC(F)(F)c1ccc(CN2CCCC23CCNCC3)cc1. The molecule has 2 heterocycles. The summed E-state index contributed by atoms with van der Waals surface area (Å²) in [4.78, 5) is 2.48. The molecule has 2 fully saturated rings. The molecular weight excluding hydrogens is 277 g/mol. The van der Waals surface area contributed by atoms with Crippen molar-refractivity contribution in [3.05, 3.63) is 35.4 Å². The Kier molecular flexibility index (Phi) is 3.97. The van der Waals surface area contributed by atoms with E-state index in [0.717, 1.165) is 44.6 Å². The van der Waals surface area contributed by atoms with Gasteiger partial charge in [0.1, 0.15) is 0 Å². The van der Waals surface area contributed by atoms with E-state index in [0.29, 0.717) is 0 Å². The lowest BCUT2D eigenvalue weighted by atomic mass is 9.85. The van der Waals surface area contributed by atoms with Gasteiger partial charge in [0, 0.05) is 12.1 Å². The summed E-state index contributed by atoms with van der Waals surface area (Å²) < 4.78 is 37.8. The summed E-state index contributed by atoms with van der Waals surface area (Å²) in [6.07, 6.45) is 0.458. The Bertz CT molecular complexity index is 475. The van der Waals surface area contributed by atoms with Gasteiger partial charge in [-0.2, -0.15) is 13.2 Å². The Hall–Kier alpha value is -1.07. The molecule has 0 aliphatic carbocycles. The number of nitrogens with zero attached hydrogens (tertiary/aromatic N) is 1. The van der Waals surface area contributed by atoms with E-state index < -0.39 is 11.7 Å². The lowest BCUT2D eigenvalue weighted by Crippen LogP contribution is -2.50. The molecule has 0 amide bonds. The first-order valence-electron chi connectivity index (χ1n) is 7.62. The maximum absolute atomic E-state index is 12.6. The van der Waals surface area contributed by atoms with Gasteiger partial charge in [0.2, 0.25) is 0 Å². The molecule has 3 rings (SSSR count). The van der Waals surface area contributed by atoms with Crippen molar-refractivity contribution in [3.8, 4) is 0 Å². The van der Waals surface area contributed by atoms with E-state index in [1.165, 1.54) is 25.0 Å². The van der Waals surface area contributed by atoms with Gasteiger partial charge >= 0.3 is 6.18 Å². The fourth-order valence-corrected chi connectivity index (χ4v) is 3.72. The van der Waals surface area contributed by atoms with Gasteiger partial charge in [-0.25, -0.2) is 0 Å². The van der Waals surface area contributed by atoms with Crippen molar-refractivity contribution >= 4 is 0 Å². The van der Waals surface area contributed by atoms with E-state index >= 15 is 0 Å². The highest BCUT2D eigenvalue weighted by Gasteiger charge is 2.41. The second-order valence-electron chi connectivity index (χ2n) is 6.19. The first kappa shape index (κ1) is 14.9. The van der Waals surface area contributed by atoms with Crippen LogP contribution in [0.15, 0.2) is 24.3 Å². The van der Waals surface area contributed by atoms with Crippen molar-refractivity contribution in [3.63, 3.8) is 0 Å². The number of alkyl halides is 3. The van der Waals surface area contributed by atoms with Crippen LogP contribution in [0.25, 0.3) is 0 Å². The first-order valence-corrected chi connectivity index (χ1v) is 7.62. The summed E-state index contributed by atoms with van der Waals surface area (Å²) in [6.45, 7) is 3.91. The standard InChI is InChI=1S/C16H21F3N2/c17-16(18,19)14-4-2-13(3-5-14)12-21-11-1-6-15(21)7-9-20-10-8-15/h2-5,20H,1,6-12H2. The second kappa shape index (κ2) is 5.61. The van der Waals surface area contributed by atoms with Gasteiger partial charge in [0.05, 0.1) is 5.56 Å². The van der Waals surface area contributed by atoms with Gasteiger partial charge < -0.3 is 5.32 Å². The molecule has 0 atom stereocenters. The molecule has 116 valence electrons. The van der Waals surface area contributed by atoms with Crippen LogP contribution in [0.5, 0.6) is 0 Å². The fourth-order valence-electron chi connectivity index (χ4n) is 3.72. The van der Waals surface area contributed by atoms with E-state index in [2.05, 4.69) is 10.2 Å². The van der Waals surface area contributed by atoms with Crippen LogP contribution in [-0.4, -0.2) is 30.1 Å². The molecule has 2 aliphatic heterocycles. The largest absolute Gasteiger partial charge is 0.416 e. The topological polar surface area (TPSA) is 15.3 Å². The summed E-state index contributed by atoms with van der Waals surface area (Å²) >= 11 is 0. The van der Waals surface area contributed by atoms with Gasteiger partial charge in [-0.05, 0) is 63.0 Å². The summed E-state index contributed by atoms with van der Waals surface area (Å²) in [5.74, 6) is 0. The Morgan fingerprint density at radius 3 is 2.33 bits per heavy atom. The highest BCUT2D eigenvalue weighted by molar-refractivity contribution is 5.25. The second-order valence-corrected chi connectivity index (χ2v) is 6.19. The maximum Gasteiger partial charge on any atom is 0.416 e. The molecule has 1 spiro atoms. The number of hydrogen-bond donors (Lipinski definition) is 1. The van der Waals surface area contributed by atoms with E-state index in [1.807, 2.05) is 0 Å². The highest BCUT2D eigenvalue weighted by atomic mass is 19.4. The summed E-state index contributed by atoms with van der Waals surface area (Å²) in [6, 6.07) is 5.63. The number of piperidine rings is 1. The minimum Gasteiger partial charge on any atom is -0.317 e. The number of halogens is 3. The van der Waals surface area contributed by atoms with Crippen LogP contribution in [0.2, 0.25) is 0 Å². The van der Waals surface area contributed by atoms with Gasteiger partial charge in [-0.3, -0.25) is 4.90 Å². The number of likely N-dealkylation sites (tertiary alicyclic amines) is 1. The molecule has 0 unspecified atom stereocenters. The molecule has 1 N–H and O–H groups in total. The van der Waals surface area contributed by atoms with Gasteiger partial charge in [0.15, 0.2) is 0 Å². The Morgan fingerprint density at radius 1 is 1.05 bits per heavy atom. The average molecular weight is 298 g/mol. The van der Waals surface area contributed by atoms with Crippen LogP contribution in [0.1, 0.15) is 36.8 Å². The molecule has 0 bridgehead atoms. The van der Waals surface area contributed by atoms with Gasteiger partial charge in [-0.15, -0.1) is 0 Å². The van der Waals surface area contributed by atoms with E-state index in [4.69, 9.17) is 0 Å². The van der Waals surface area contributed by atoms with E-state index in [1.54, 1.807) is 12.1 Å². The minimum atomic E-state index is -4.25. The quantitative estimate of drug-likeness (QED) is 0.900. The summed E-state index contributed by atoms with van der Waals surface area (Å²) in [5, 5.41) is 3.39. The van der Waals surface area contributed by atoms with Crippen molar-refractivity contribution in [1.82, 2.24) is 10.2 Å². The minimum absolute atomic E-state index is 0.272. The smallest absolute Gasteiger partial charge is 0.317 e. The monoisotopic (exact) mass is 298 g/mol. The Morgan fingerprint density at radius 2 is 1.71 bits per heavy atom. The van der Waals surface area contributed by atoms with Gasteiger partial charge in [-0.1, -0.05) is 12.1 Å². The maximum atomic E-state index is 12.6. The van der Waals surface area contributed by atoms with Crippen molar-refractivity contribution < 1.29 is 13.2 Å². The van der Waals surface area contributed by atoms with Crippen molar-refractivity contribution in [2.75, 3.05) is 19.6 Å². The zero-order valence-corrected chi connectivity index (χ0v) is 12.0. The number of benzene rings is 1. The zero-order valence-electron chi connectivity index (χ0n) is 12.0. The number of rotatable bonds is 2. The molecule has 2 aliphatic rings. The molecule has 2 nitrogen and oxygen atoms in total. The third-order valence-corrected chi connectivity index (χ3v) is 4.93.